The first-order chi connectivity index (χ1) is 6.75. The Bertz CT molecular complexity index is 220. The first-order valence-electron chi connectivity index (χ1n) is 5.44. The summed E-state index contributed by atoms with van der Waals surface area (Å²) in [6.45, 7) is 2.50. The molecule has 2 aliphatic heterocycles. The number of nitrogens with one attached hydrogen (secondary N) is 1. The van der Waals surface area contributed by atoms with Gasteiger partial charge in [0.2, 0.25) is 5.91 Å². The fraction of sp³-hybridized carbons (Fsp3) is 0.900. The molecule has 0 aliphatic carbocycles. The number of hydrogen-bond acceptors (Lipinski definition) is 3. The van der Waals surface area contributed by atoms with Gasteiger partial charge in [0.15, 0.2) is 0 Å². The first-order valence-corrected chi connectivity index (χ1v) is 5.44. The van der Waals surface area contributed by atoms with Crippen molar-refractivity contribution in [1.29, 1.82) is 0 Å². The van der Waals surface area contributed by atoms with Crippen LogP contribution in [0.5, 0.6) is 0 Å². The number of rotatable bonds is 1. The quantitative estimate of drug-likeness (QED) is 0.609. The van der Waals surface area contributed by atoms with Gasteiger partial charge in [-0.15, -0.1) is 0 Å². The monoisotopic (exact) mass is 198 g/mol. The number of β-amino-alcohol motifs (C(OH)–C–C–N with tert-alkyl or cyclic N) is 1. The molecular weight excluding hydrogens is 180 g/mol. The molecule has 2 fully saturated rings. The van der Waals surface area contributed by atoms with Crippen LogP contribution in [0.2, 0.25) is 0 Å². The minimum Gasteiger partial charge on any atom is -0.392 e. The third-order valence-corrected chi connectivity index (χ3v) is 3.17. The van der Waals surface area contributed by atoms with Gasteiger partial charge in [-0.25, -0.2) is 0 Å². The van der Waals surface area contributed by atoms with E-state index in [1.54, 1.807) is 0 Å². The number of aliphatic hydroxyl groups excluding tert-OH is 1. The number of hydrogen-bond donors (Lipinski definition) is 2. The zero-order valence-corrected chi connectivity index (χ0v) is 8.41. The maximum atomic E-state index is 11.3. The third-order valence-electron chi connectivity index (χ3n) is 3.17. The molecule has 4 nitrogen and oxygen atoms in total. The molecule has 2 saturated heterocycles. The number of amides is 1. The minimum absolute atomic E-state index is 0.161. The van der Waals surface area contributed by atoms with E-state index < -0.39 is 0 Å². The van der Waals surface area contributed by atoms with Gasteiger partial charge in [-0.3, -0.25) is 9.69 Å². The van der Waals surface area contributed by atoms with Crippen molar-refractivity contribution >= 4 is 5.91 Å². The molecule has 1 unspecified atom stereocenters. The SMILES string of the molecule is O=C1CC(N2CC[C@H](O)C2)CCCN1. The Morgan fingerprint density at radius 1 is 1.43 bits per heavy atom. The standard InChI is InChI=1S/C10H18N2O2/c13-9-3-5-12(7-9)8-2-1-4-11-10(14)6-8/h8-9,13H,1-7H2,(H,11,14)/t8?,9-/m0/s1. The summed E-state index contributed by atoms with van der Waals surface area (Å²) in [4.78, 5) is 13.6. The van der Waals surface area contributed by atoms with Crippen LogP contribution in [0.3, 0.4) is 0 Å². The van der Waals surface area contributed by atoms with Gasteiger partial charge in [-0.1, -0.05) is 0 Å². The van der Waals surface area contributed by atoms with Crippen molar-refractivity contribution in [3.63, 3.8) is 0 Å². The van der Waals surface area contributed by atoms with E-state index in [1.165, 1.54) is 0 Å². The average Bonchev–Trinajstić information content (AvgIpc) is 2.45. The highest BCUT2D eigenvalue weighted by atomic mass is 16.3. The molecule has 0 aromatic rings. The van der Waals surface area contributed by atoms with E-state index in [1.807, 2.05) is 0 Å². The van der Waals surface area contributed by atoms with E-state index in [9.17, 15) is 9.90 Å². The van der Waals surface area contributed by atoms with Gasteiger partial charge in [0, 0.05) is 32.1 Å². The summed E-state index contributed by atoms with van der Waals surface area (Å²) in [6.07, 6.45) is 3.42. The van der Waals surface area contributed by atoms with Gasteiger partial charge in [0.25, 0.3) is 0 Å². The molecule has 1 amide bonds. The lowest BCUT2D eigenvalue weighted by atomic mass is 10.1. The molecule has 14 heavy (non-hydrogen) atoms. The molecule has 2 aliphatic rings. The van der Waals surface area contributed by atoms with Crippen molar-refractivity contribution in [3.05, 3.63) is 0 Å². The van der Waals surface area contributed by atoms with Gasteiger partial charge in [-0.05, 0) is 19.3 Å². The molecule has 0 spiro atoms. The molecule has 2 N–H and O–H groups in total. The van der Waals surface area contributed by atoms with Crippen molar-refractivity contribution in [2.24, 2.45) is 0 Å². The Morgan fingerprint density at radius 2 is 2.29 bits per heavy atom. The van der Waals surface area contributed by atoms with Crippen LogP contribution >= 0.6 is 0 Å². The lowest BCUT2D eigenvalue weighted by molar-refractivity contribution is -0.121. The molecule has 0 bridgehead atoms. The van der Waals surface area contributed by atoms with Gasteiger partial charge < -0.3 is 10.4 Å². The Balaban J connectivity index is 1.92. The number of likely N-dealkylation sites (tertiary alicyclic amines) is 1. The lowest BCUT2D eigenvalue weighted by Gasteiger charge is -2.25. The smallest absolute Gasteiger partial charge is 0.221 e. The molecule has 2 rings (SSSR count). The zero-order chi connectivity index (χ0) is 9.97. The van der Waals surface area contributed by atoms with Crippen LogP contribution in [-0.4, -0.2) is 47.7 Å². The normalized spacial score (nSPS) is 35.4. The minimum atomic E-state index is -0.179. The van der Waals surface area contributed by atoms with Crippen LogP contribution in [0.1, 0.15) is 25.7 Å². The van der Waals surface area contributed by atoms with Crippen LogP contribution in [-0.2, 0) is 4.79 Å². The predicted octanol–water partition coefficient (Wildman–Crippen LogP) is -0.278. The molecule has 0 radical (unpaired) electrons. The molecule has 0 aromatic heterocycles. The number of carbonyl (C=O) groups is 1. The second-order valence-corrected chi connectivity index (χ2v) is 4.29. The summed E-state index contributed by atoms with van der Waals surface area (Å²) in [6, 6.07) is 0.356. The van der Waals surface area contributed by atoms with Crippen LogP contribution in [0, 0.1) is 0 Å². The van der Waals surface area contributed by atoms with E-state index in [2.05, 4.69) is 10.2 Å². The van der Waals surface area contributed by atoms with E-state index in [-0.39, 0.29) is 12.0 Å². The van der Waals surface area contributed by atoms with Gasteiger partial charge in [-0.2, -0.15) is 0 Å². The van der Waals surface area contributed by atoms with Crippen molar-refractivity contribution in [3.8, 4) is 0 Å². The first kappa shape index (κ1) is 9.93. The highest BCUT2D eigenvalue weighted by Gasteiger charge is 2.29. The summed E-state index contributed by atoms with van der Waals surface area (Å²) < 4.78 is 0. The molecule has 4 heteroatoms. The maximum Gasteiger partial charge on any atom is 0.221 e. The summed E-state index contributed by atoms with van der Waals surface area (Å²) in [7, 11) is 0. The molecule has 0 aromatic carbocycles. The van der Waals surface area contributed by atoms with Crippen LogP contribution in [0.15, 0.2) is 0 Å². The fourth-order valence-electron chi connectivity index (χ4n) is 2.37. The molecular formula is C10H18N2O2. The van der Waals surface area contributed by atoms with Crippen LogP contribution < -0.4 is 5.32 Å². The Kier molecular flexibility index (Phi) is 3.03. The Labute approximate surface area is 84.3 Å². The van der Waals surface area contributed by atoms with Gasteiger partial charge >= 0.3 is 0 Å². The van der Waals surface area contributed by atoms with Crippen molar-refractivity contribution in [1.82, 2.24) is 10.2 Å². The van der Waals surface area contributed by atoms with E-state index >= 15 is 0 Å². The van der Waals surface area contributed by atoms with Crippen molar-refractivity contribution < 1.29 is 9.90 Å². The lowest BCUT2D eigenvalue weighted by Crippen LogP contribution is -2.36. The number of nitrogens with zero attached hydrogens (tertiary/aromatic N) is 1. The summed E-state index contributed by atoms with van der Waals surface area (Å²) in [5, 5.41) is 12.3. The topological polar surface area (TPSA) is 52.6 Å². The second kappa shape index (κ2) is 4.28. The molecule has 2 heterocycles. The van der Waals surface area contributed by atoms with Crippen LogP contribution in [0.4, 0.5) is 0 Å². The largest absolute Gasteiger partial charge is 0.392 e. The fourth-order valence-corrected chi connectivity index (χ4v) is 2.37. The van der Waals surface area contributed by atoms with E-state index in [0.717, 1.165) is 38.9 Å². The second-order valence-electron chi connectivity index (χ2n) is 4.29. The summed E-state index contributed by atoms with van der Waals surface area (Å²) >= 11 is 0. The Morgan fingerprint density at radius 3 is 3.00 bits per heavy atom. The molecule has 0 saturated carbocycles. The zero-order valence-electron chi connectivity index (χ0n) is 8.41. The number of aliphatic hydroxyl groups is 1. The van der Waals surface area contributed by atoms with Crippen molar-refractivity contribution in [2.45, 2.75) is 37.8 Å². The highest BCUT2D eigenvalue weighted by molar-refractivity contribution is 5.76. The van der Waals surface area contributed by atoms with Crippen LogP contribution in [0.25, 0.3) is 0 Å². The summed E-state index contributed by atoms with van der Waals surface area (Å²) in [5.74, 6) is 0.161. The third kappa shape index (κ3) is 2.25. The number of carbonyl (C=O) groups excluding carboxylic acids is 1. The van der Waals surface area contributed by atoms with E-state index in [4.69, 9.17) is 0 Å². The van der Waals surface area contributed by atoms with E-state index in [0.29, 0.717) is 12.5 Å². The van der Waals surface area contributed by atoms with Crippen molar-refractivity contribution in [2.75, 3.05) is 19.6 Å². The summed E-state index contributed by atoms with van der Waals surface area (Å²) in [5.41, 5.74) is 0. The molecule has 2 atom stereocenters. The average molecular weight is 198 g/mol. The molecule has 80 valence electrons. The predicted molar refractivity (Wildman–Crippen MR) is 52.8 cm³/mol. The van der Waals surface area contributed by atoms with Gasteiger partial charge in [0.1, 0.15) is 0 Å². The van der Waals surface area contributed by atoms with Gasteiger partial charge in [0.05, 0.1) is 6.10 Å². The maximum absolute atomic E-state index is 11.3. The highest BCUT2D eigenvalue weighted by Crippen LogP contribution is 2.19. The Hall–Kier alpha value is -0.610.